The molecule has 0 saturated carbocycles. The van der Waals surface area contributed by atoms with Gasteiger partial charge in [-0.15, -0.1) is 0 Å². The number of nitrogens with zero attached hydrogens (tertiary/aromatic N) is 1. The SMILES string of the molecule is COc1ccc(O)c(CNCCCN2CCCC2)c1. The summed E-state index contributed by atoms with van der Waals surface area (Å²) < 4.78 is 5.16. The Morgan fingerprint density at radius 2 is 2.11 bits per heavy atom. The Balaban J connectivity index is 1.67. The van der Waals surface area contributed by atoms with Crippen molar-refractivity contribution in [1.82, 2.24) is 10.2 Å². The number of benzene rings is 1. The normalized spacial score (nSPS) is 15.8. The lowest BCUT2D eigenvalue weighted by atomic mass is 10.2. The number of likely N-dealkylation sites (tertiary alicyclic amines) is 1. The van der Waals surface area contributed by atoms with Crippen molar-refractivity contribution in [2.45, 2.75) is 25.8 Å². The highest BCUT2D eigenvalue weighted by atomic mass is 16.5. The van der Waals surface area contributed by atoms with Gasteiger partial charge in [-0.2, -0.15) is 0 Å². The summed E-state index contributed by atoms with van der Waals surface area (Å²) in [7, 11) is 1.64. The first kappa shape index (κ1) is 14.2. The molecule has 1 saturated heterocycles. The van der Waals surface area contributed by atoms with Crippen LogP contribution in [-0.4, -0.2) is 43.3 Å². The fraction of sp³-hybridized carbons (Fsp3) is 0.600. The van der Waals surface area contributed by atoms with E-state index in [4.69, 9.17) is 4.74 Å². The Labute approximate surface area is 115 Å². The molecule has 106 valence electrons. The summed E-state index contributed by atoms with van der Waals surface area (Å²) in [6.07, 6.45) is 3.86. The van der Waals surface area contributed by atoms with Crippen LogP contribution in [0.25, 0.3) is 0 Å². The molecular weight excluding hydrogens is 240 g/mol. The van der Waals surface area contributed by atoms with E-state index in [-0.39, 0.29) is 0 Å². The summed E-state index contributed by atoms with van der Waals surface area (Å²) in [6, 6.07) is 5.33. The maximum absolute atomic E-state index is 9.76. The smallest absolute Gasteiger partial charge is 0.120 e. The molecule has 1 aromatic rings. The first-order chi connectivity index (χ1) is 9.29. The van der Waals surface area contributed by atoms with Crippen LogP contribution in [0.15, 0.2) is 18.2 Å². The van der Waals surface area contributed by atoms with Crippen molar-refractivity contribution < 1.29 is 9.84 Å². The molecule has 0 radical (unpaired) electrons. The molecule has 1 heterocycles. The number of hydrogen-bond donors (Lipinski definition) is 2. The number of nitrogens with one attached hydrogen (secondary N) is 1. The van der Waals surface area contributed by atoms with Gasteiger partial charge in [0.25, 0.3) is 0 Å². The molecule has 0 bridgehead atoms. The van der Waals surface area contributed by atoms with Crippen molar-refractivity contribution in [1.29, 1.82) is 0 Å². The van der Waals surface area contributed by atoms with Crippen LogP contribution in [0.1, 0.15) is 24.8 Å². The molecule has 2 N–H and O–H groups in total. The van der Waals surface area contributed by atoms with Gasteiger partial charge in [0.05, 0.1) is 7.11 Å². The average Bonchev–Trinajstić information content (AvgIpc) is 2.93. The molecule has 0 atom stereocenters. The van der Waals surface area contributed by atoms with Gasteiger partial charge in [-0.3, -0.25) is 0 Å². The van der Waals surface area contributed by atoms with Gasteiger partial charge in [0.15, 0.2) is 0 Å². The van der Waals surface area contributed by atoms with Crippen LogP contribution in [0.4, 0.5) is 0 Å². The second-order valence-corrected chi connectivity index (χ2v) is 5.07. The monoisotopic (exact) mass is 264 g/mol. The van der Waals surface area contributed by atoms with Crippen molar-refractivity contribution in [3.05, 3.63) is 23.8 Å². The largest absolute Gasteiger partial charge is 0.508 e. The molecule has 1 aromatic carbocycles. The summed E-state index contributed by atoms with van der Waals surface area (Å²) in [5, 5.41) is 13.1. The second-order valence-electron chi connectivity index (χ2n) is 5.07. The lowest BCUT2D eigenvalue weighted by molar-refractivity contribution is 0.330. The van der Waals surface area contributed by atoms with Crippen LogP contribution >= 0.6 is 0 Å². The standard InChI is InChI=1S/C15H24N2O2/c1-19-14-5-6-15(18)13(11-14)12-16-7-4-10-17-8-2-3-9-17/h5-6,11,16,18H,2-4,7-10,12H2,1H3. The minimum absolute atomic E-state index is 0.327. The molecule has 4 nitrogen and oxygen atoms in total. The Morgan fingerprint density at radius 1 is 1.32 bits per heavy atom. The molecule has 1 aliphatic heterocycles. The topological polar surface area (TPSA) is 44.7 Å². The fourth-order valence-electron chi connectivity index (χ4n) is 2.49. The molecule has 0 aromatic heterocycles. The van der Waals surface area contributed by atoms with E-state index < -0.39 is 0 Å². The maximum Gasteiger partial charge on any atom is 0.120 e. The molecule has 1 aliphatic rings. The van der Waals surface area contributed by atoms with E-state index >= 15 is 0 Å². The van der Waals surface area contributed by atoms with Crippen molar-refractivity contribution >= 4 is 0 Å². The molecule has 0 unspecified atom stereocenters. The van der Waals surface area contributed by atoms with E-state index in [2.05, 4.69) is 10.2 Å². The highest BCUT2D eigenvalue weighted by Gasteiger charge is 2.10. The summed E-state index contributed by atoms with van der Waals surface area (Å²) in [5.74, 6) is 1.11. The highest BCUT2D eigenvalue weighted by Crippen LogP contribution is 2.22. The number of phenols is 1. The van der Waals surface area contributed by atoms with Gasteiger partial charge in [-0.05, 0) is 63.6 Å². The summed E-state index contributed by atoms with van der Waals surface area (Å²) in [6.45, 7) is 5.36. The third kappa shape index (κ3) is 4.40. The van der Waals surface area contributed by atoms with Gasteiger partial charge in [0.2, 0.25) is 0 Å². The first-order valence-corrected chi connectivity index (χ1v) is 7.08. The number of aromatic hydroxyl groups is 1. The summed E-state index contributed by atoms with van der Waals surface area (Å²) in [5.41, 5.74) is 0.889. The van der Waals surface area contributed by atoms with Gasteiger partial charge in [0.1, 0.15) is 11.5 Å². The molecule has 0 amide bonds. The minimum atomic E-state index is 0.327. The van der Waals surface area contributed by atoms with E-state index in [1.807, 2.05) is 6.07 Å². The molecule has 0 spiro atoms. The lowest BCUT2D eigenvalue weighted by Crippen LogP contribution is -2.24. The lowest BCUT2D eigenvalue weighted by Gasteiger charge is -2.14. The predicted octanol–water partition coefficient (Wildman–Crippen LogP) is 1.98. The van der Waals surface area contributed by atoms with Gasteiger partial charge in [-0.1, -0.05) is 0 Å². The third-order valence-electron chi connectivity index (χ3n) is 3.63. The van der Waals surface area contributed by atoms with Crippen molar-refractivity contribution in [2.75, 3.05) is 33.3 Å². The zero-order valence-corrected chi connectivity index (χ0v) is 11.7. The van der Waals surface area contributed by atoms with E-state index in [9.17, 15) is 5.11 Å². The van der Waals surface area contributed by atoms with Crippen LogP contribution in [0.5, 0.6) is 11.5 Å². The van der Waals surface area contributed by atoms with Crippen molar-refractivity contribution in [3.63, 3.8) is 0 Å². The van der Waals surface area contributed by atoms with Gasteiger partial charge in [0, 0.05) is 12.1 Å². The molecule has 2 rings (SSSR count). The highest BCUT2D eigenvalue weighted by molar-refractivity contribution is 5.39. The maximum atomic E-state index is 9.76. The average molecular weight is 264 g/mol. The van der Waals surface area contributed by atoms with Gasteiger partial charge in [-0.25, -0.2) is 0 Å². The number of hydrogen-bond acceptors (Lipinski definition) is 4. The number of phenolic OH excluding ortho intramolecular Hbond substituents is 1. The zero-order valence-electron chi connectivity index (χ0n) is 11.7. The van der Waals surface area contributed by atoms with Crippen LogP contribution < -0.4 is 10.1 Å². The van der Waals surface area contributed by atoms with E-state index in [1.54, 1.807) is 19.2 Å². The predicted molar refractivity (Wildman–Crippen MR) is 76.7 cm³/mol. The van der Waals surface area contributed by atoms with Crippen LogP contribution in [0, 0.1) is 0 Å². The fourth-order valence-corrected chi connectivity index (χ4v) is 2.49. The molecular formula is C15H24N2O2. The minimum Gasteiger partial charge on any atom is -0.508 e. The molecule has 19 heavy (non-hydrogen) atoms. The summed E-state index contributed by atoms with van der Waals surface area (Å²) in [4.78, 5) is 2.52. The number of rotatable bonds is 7. The van der Waals surface area contributed by atoms with Gasteiger partial charge >= 0.3 is 0 Å². The van der Waals surface area contributed by atoms with E-state index in [0.717, 1.165) is 24.3 Å². The third-order valence-corrected chi connectivity index (χ3v) is 3.63. The summed E-state index contributed by atoms with van der Waals surface area (Å²) >= 11 is 0. The second kappa shape index (κ2) is 7.36. The van der Waals surface area contributed by atoms with Gasteiger partial charge < -0.3 is 20.1 Å². The van der Waals surface area contributed by atoms with Crippen LogP contribution in [0.2, 0.25) is 0 Å². The van der Waals surface area contributed by atoms with Crippen LogP contribution in [0.3, 0.4) is 0 Å². The van der Waals surface area contributed by atoms with Crippen LogP contribution in [-0.2, 0) is 6.54 Å². The van der Waals surface area contributed by atoms with Crippen molar-refractivity contribution in [3.8, 4) is 11.5 Å². The Kier molecular flexibility index (Phi) is 5.48. The van der Waals surface area contributed by atoms with E-state index in [0.29, 0.717) is 12.3 Å². The number of methoxy groups -OCH3 is 1. The molecule has 0 aliphatic carbocycles. The number of ether oxygens (including phenoxy) is 1. The first-order valence-electron chi connectivity index (χ1n) is 7.08. The Hall–Kier alpha value is -1.26. The van der Waals surface area contributed by atoms with Crippen molar-refractivity contribution in [2.24, 2.45) is 0 Å². The Bertz CT molecular complexity index is 390. The molecule has 4 heteroatoms. The zero-order chi connectivity index (χ0) is 13.5. The quantitative estimate of drug-likeness (QED) is 0.739. The Morgan fingerprint density at radius 3 is 2.84 bits per heavy atom. The molecule has 1 fully saturated rings. The van der Waals surface area contributed by atoms with E-state index in [1.165, 1.54) is 32.5 Å².